The van der Waals surface area contributed by atoms with Crippen LogP contribution in [-0.4, -0.2) is 33.1 Å². The molecule has 29 heavy (non-hydrogen) atoms. The van der Waals surface area contributed by atoms with Crippen molar-refractivity contribution in [3.8, 4) is 0 Å². The Kier molecular flexibility index (Phi) is 5.51. The minimum atomic E-state index is -4.67. The van der Waals surface area contributed by atoms with E-state index in [1.807, 2.05) is 0 Å². The number of aromatic nitrogens is 2. The number of ether oxygens (including phenoxy) is 1. The zero-order valence-corrected chi connectivity index (χ0v) is 16.3. The first-order valence-corrected chi connectivity index (χ1v) is 9.09. The maximum Gasteiger partial charge on any atom is 0.416 e. The second kappa shape index (κ2) is 7.61. The molecule has 2 aromatic rings. The molecule has 0 saturated heterocycles. The standard InChI is InChI=1S/C20H21F4N3O2/c1-19(2,3)29-18(28)27-7-6-14-16(25-11-26-17(14)10-27)8-12-4-5-13(21)9-15(12)20(22,23)24/h4-5,9,11H,6-8,10H2,1-3H3. The van der Waals surface area contributed by atoms with Crippen molar-refractivity contribution in [1.29, 1.82) is 0 Å². The maximum atomic E-state index is 13.4. The Labute approximate surface area is 165 Å². The van der Waals surface area contributed by atoms with Crippen molar-refractivity contribution in [2.45, 2.75) is 51.9 Å². The van der Waals surface area contributed by atoms with Gasteiger partial charge >= 0.3 is 12.3 Å². The molecule has 0 atom stereocenters. The normalized spacial score (nSPS) is 14.5. The Hall–Kier alpha value is -2.71. The van der Waals surface area contributed by atoms with Gasteiger partial charge in [0.15, 0.2) is 0 Å². The lowest BCUT2D eigenvalue weighted by Crippen LogP contribution is -2.40. The van der Waals surface area contributed by atoms with Crippen LogP contribution in [0.2, 0.25) is 0 Å². The summed E-state index contributed by atoms with van der Waals surface area (Å²) in [7, 11) is 0. The third-order valence-corrected chi connectivity index (χ3v) is 4.48. The van der Waals surface area contributed by atoms with Gasteiger partial charge in [-0.2, -0.15) is 13.2 Å². The van der Waals surface area contributed by atoms with Crippen LogP contribution in [0, 0.1) is 5.82 Å². The van der Waals surface area contributed by atoms with E-state index in [1.54, 1.807) is 20.8 Å². The summed E-state index contributed by atoms with van der Waals surface area (Å²) in [6.07, 6.45) is -3.58. The molecule has 3 rings (SSSR count). The lowest BCUT2D eigenvalue weighted by molar-refractivity contribution is -0.138. The minimum absolute atomic E-state index is 0.0608. The number of hydrogen-bond acceptors (Lipinski definition) is 4. The molecule has 0 spiro atoms. The number of hydrogen-bond donors (Lipinski definition) is 0. The number of nitrogens with zero attached hydrogens (tertiary/aromatic N) is 3. The van der Waals surface area contributed by atoms with Crippen molar-refractivity contribution in [2.75, 3.05) is 6.54 Å². The SMILES string of the molecule is CC(C)(C)OC(=O)N1CCc2c(Cc3ccc(F)cc3C(F)(F)F)ncnc2C1. The molecule has 1 aromatic carbocycles. The largest absolute Gasteiger partial charge is 0.444 e. The van der Waals surface area contributed by atoms with Crippen LogP contribution in [-0.2, 0) is 30.3 Å². The van der Waals surface area contributed by atoms with E-state index in [2.05, 4.69) is 9.97 Å². The molecule has 1 aliphatic heterocycles. The lowest BCUT2D eigenvalue weighted by atomic mass is 9.96. The first-order chi connectivity index (χ1) is 13.4. The quantitative estimate of drug-likeness (QED) is 0.682. The Bertz CT molecular complexity index is 923. The fraction of sp³-hybridized carbons (Fsp3) is 0.450. The van der Waals surface area contributed by atoms with Crippen molar-refractivity contribution < 1.29 is 27.1 Å². The van der Waals surface area contributed by atoms with Gasteiger partial charge in [0.1, 0.15) is 17.7 Å². The molecule has 156 valence electrons. The van der Waals surface area contributed by atoms with E-state index >= 15 is 0 Å². The van der Waals surface area contributed by atoms with Crippen LogP contribution in [0.5, 0.6) is 0 Å². The highest BCUT2D eigenvalue weighted by Crippen LogP contribution is 2.34. The van der Waals surface area contributed by atoms with E-state index in [-0.39, 0.29) is 18.5 Å². The molecule has 0 radical (unpaired) electrons. The zero-order chi connectivity index (χ0) is 21.4. The molecule has 1 amide bonds. The highest BCUT2D eigenvalue weighted by Gasteiger charge is 2.34. The topological polar surface area (TPSA) is 55.3 Å². The predicted octanol–water partition coefficient (Wildman–Crippen LogP) is 4.52. The fourth-order valence-corrected chi connectivity index (χ4v) is 3.20. The molecule has 0 fully saturated rings. The summed E-state index contributed by atoms with van der Waals surface area (Å²) in [4.78, 5) is 22.1. The Morgan fingerprint density at radius 3 is 2.59 bits per heavy atom. The molecule has 0 N–H and O–H groups in total. The number of alkyl halides is 3. The van der Waals surface area contributed by atoms with Crippen LogP contribution in [0.3, 0.4) is 0 Å². The molecule has 5 nitrogen and oxygen atoms in total. The van der Waals surface area contributed by atoms with Crippen molar-refractivity contribution in [3.63, 3.8) is 0 Å². The molecule has 0 unspecified atom stereocenters. The van der Waals surface area contributed by atoms with E-state index in [1.165, 1.54) is 11.2 Å². The summed E-state index contributed by atoms with van der Waals surface area (Å²) >= 11 is 0. The number of carbonyl (C=O) groups excluding carboxylic acids is 1. The zero-order valence-electron chi connectivity index (χ0n) is 16.3. The van der Waals surface area contributed by atoms with Crippen LogP contribution >= 0.6 is 0 Å². The second-order valence-electron chi connectivity index (χ2n) is 7.87. The number of benzene rings is 1. The van der Waals surface area contributed by atoms with Gasteiger partial charge in [0.05, 0.1) is 23.5 Å². The highest BCUT2D eigenvalue weighted by atomic mass is 19.4. The van der Waals surface area contributed by atoms with Crippen molar-refractivity contribution in [1.82, 2.24) is 14.9 Å². The molecule has 1 aromatic heterocycles. The van der Waals surface area contributed by atoms with Crippen molar-refractivity contribution >= 4 is 6.09 Å². The van der Waals surface area contributed by atoms with Crippen molar-refractivity contribution in [3.05, 3.63) is 58.4 Å². The smallest absolute Gasteiger partial charge is 0.416 e. The fourth-order valence-electron chi connectivity index (χ4n) is 3.20. The average Bonchev–Trinajstić information content (AvgIpc) is 2.60. The molecule has 1 aliphatic rings. The number of carbonyl (C=O) groups is 1. The highest BCUT2D eigenvalue weighted by molar-refractivity contribution is 5.68. The molecule has 2 heterocycles. The monoisotopic (exact) mass is 411 g/mol. The third-order valence-electron chi connectivity index (χ3n) is 4.48. The summed E-state index contributed by atoms with van der Waals surface area (Å²) in [5.74, 6) is -0.946. The molecular formula is C20H21F4N3O2. The lowest BCUT2D eigenvalue weighted by Gasteiger charge is -2.31. The van der Waals surface area contributed by atoms with Gasteiger partial charge in [-0.25, -0.2) is 19.2 Å². The minimum Gasteiger partial charge on any atom is -0.444 e. The van der Waals surface area contributed by atoms with Gasteiger partial charge in [0.25, 0.3) is 0 Å². The van der Waals surface area contributed by atoms with Gasteiger partial charge in [0.2, 0.25) is 0 Å². The van der Waals surface area contributed by atoms with Gasteiger partial charge in [-0.15, -0.1) is 0 Å². The first-order valence-electron chi connectivity index (χ1n) is 9.09. The third kappa shape index (κ3) is 5.02. The molecular weight excluding hydrogens is 390 g/mol. The van der Waals surface area contributed by atoms with Crippen LogP contribution in [0.1, 0.15) is 48.8 Å². The van der Waals surface area contributed by atoms with E-state index in [0.29, 0.717) is 36.0 Å². The first kappa shape index (κ1) is 21.0. The van der Waals surface area contributed by atoms with Gasteiger partial charge in [-0.1, -0.05) is 6.07 Å². The van der Waals surface area contributed by atoms with Crippen molar-refractivity contribution in [2.24, 2.45) is 0 Å². The summed E-state index contributed by atoms with van der Waals surface area (Å²) < 4.78 is 58.6. The van der Waals surface area contributed by atoms with Crippen LogP contribution in [0.25, 0.3) is 0 Å². The average molecular weight is 411 g/mol. The van der Waals surface area contributed by atoms with Crippen LogP contribution in [0.4, 0.5) is 22.4 Å². The summed E-state index contributed by atoms with van der Waals surface area (Å²) in [6, 6.07) is 2.62. The van der Waals surface area contributed by atoms with E-state index in [0.717, 1.165) is 12.1 Å². The molecule has 0 saturated carbocycles. The second-order valence-corrected chi connectivity index (χ2v) is 7.87. The predicted molar refractivity (Wildman–Crippen MR) is 96.6 cm³/mol. The maximum absolute atomic E-state index is 13.4. The molecule has 0 aliphatic carbocycles. The van der Waals surface area contributed by atoms with Crippen LogP contribution in [0.15, 0.2) is 24.5 Å². The van der Waals surface area contributed by atoms with E-state index in [9.17, 15) is 22.4 Å². The van der Waals surface area contributed by atoms with Gasteiger partial charge in [0, 0.05) is 13.0 Å². The summed E-state index contributed by atoms with van der Waals surface area (Å²) in [5.41, 5.74) is 0.0130. The number of rotatable bonds is 2. The Balaban J connectivity index is 1.86. The van der Waals surface area contributed by atoms with Gasteiger partial charge < -0.3 is 9.64 Å². The number of halogens is 4. The van der Waals surface area contributed by atoms with Crippen LogP contribution < -0.4 is 0 Å². The number of amides is 1. The Morgan fingerprint density at radius 1 is 1.21 bits per heavy atom. The Morgan fingerprint density at radius 2 is 1.93 bits per heavy atom. The summed E-state index contributed by atoms with van der Waals surface area (Å²) in [5, 5.41) is 0. The molecule has 9 heteroatoms. The van der Waals surface area contributed by atoms with Gasteiger partial charge in [-0.05, 0) is 50.5 Å². The van der Waals surface area contributed by atoms with Gasteiger partial charge in [-0.3, -0.25) is 0 Å². The van der Waals surface area contributed by atoms with E-state index in [4.69, 9.17) is 4.74 Å². The molecule has 0 bridgehead atoms. The summed E-state index contributed by atoms with van der Waals surface area (Å²) in [6.45, 7) is 5.84. The number of fused-ring (bicyclic) bond motifs is 1. The van der Waals surface area contributed by atoms with E-state index < -0.39 is 29.3 Å².